The Balaban J connectivity index is 2.16. The Morgan fingerprint density at radius 2 is 2.05 bits per heavy atom. The highest BCUT2D eigenvalue weighted by molar-refractivity contribution is 7.09. The minimum atomic E-state index is -0.00929. The van der Waals surface area contributed by atoms with Crippen LogP contribution in [0.25, 0.3) is 0 Å². The summed E-state index contributed by atoms with van der Waals surface area (Å²) >= 11 is 7.48. The Hall–Kier alpha value is -1.58. The molecule has 1 aromatic carbocycles. The third-order valence-electron chi connectivity index (χ3n) is 2.65. The number of rotatable bonds is 5. The number of hydrogen-bond acceptors (Lipinski definition) is 2. The summed E-state index contributed by atoms with van der Waals surface area (Å²) in [4.78, 5) is 15.3. The van der Waals surface area contributed by atoms with E-state index in [0.717, 1.165) is 4.88 Å². The van der Waals surface area contributed by atoms with Crippen molar-refractivity contribution in [3.05, 3.63) is 69.9 Å². The Bertz CT molecular complexity index is 548. The second kappa shape index (κ2) is 6.55. The fourth-order valence-electron chi connectivity index (χ4n) is 1.74. The van der Waals surface area contributed by atoms with E-state index in [-0.39, 0.29) is 5.91 Å². The van der Waals surface area contributed by atoms with Gasteiger partial charge in [-0.05, 0) is 35.7 Å². The minimum absolute atomic E-state index is 0.00929. The topological polar surface area (TPSA) is 20.3 Å². The molecule has 98 valence electrons. The van der Waals surface area contributed by atoms with Gasteiger partial charge in [0, 0.05) is 22.0 Å². The third-order valence-corrected chi connectivity index (χ3v) is 3.77. The van der Waals surface area contributed by atoms with Crippen LogP contribution in [0.2, 0.25) is 5.02 Å². The van der Waals surface area contributed by atoms with Crippen molar-refractivity contribution in [2.24, 2.45) is 0 Å². The molecule has 1 amide bonds. The van der Waals surface area contributed by atoms with E-state index in [2.05, 4.69) is 6.58 Å². The zero-order chi connectivity index (χ0) is 13.7. The van der Waals surface area contributed by atoms with Crippen LogP contribution >= 0.6 is 22.9 Å². The summed E-state index contributed by atoms with van der Waals surface area (Å²) in [6.45, 7) is 4.84. The molecule has 0 N–H and O–H groups in total. The molecule has 0 radical (unpaired) electrons. The molecule has 1 heterocycles. The lowest BCUT2D eigenvalue weighted by Crippen LogP contribution is -2.30. The van der Waals surface area contributed by atoms with Crippen LogP contribution in [-0.2, 0) is 6.54 Å². The van der Waals surface area contributed by atoms with Crippen molar-refractivity contribution in [2.45, 2.75) is 6.54 Å². The van der Waals surface area contributed by atoms with E-state index in [4.69, 9.17) is 11.6 Å². The van der Waals surface area contributed by atoms with Gasteiger partial charge in [0.1, 0.15) is 0 Å². The number of carbonyl (C=O) groups is 1. The highest BCUT2D eigenvalue weighted by atomic mass is 35.5. The van der Waals surface area contributed by atoms with E-state index >= 15 is 0 Å². The predicted octanol–water partition coefficient (Wildman–Crippen LogP) is 4.23. The molecular weight excluding hydrogens is 278 g/mol. The average molecular weight is 292 g/mol. The lowest BCUT2D eigenvalue weighted by molar-refractivity contribution is 0.0764. The fraction of sp³-hybridized carbons (Fsp3) is 0.133. The standard InChI is InChI=1S/C15H14ClNOS/c1-2-9-17(11-14-4-3-10-19-14)15(18)12-5-7-13(16)8-6-12/h2-8,10H,1,9,11H2. The first kappa shape index (κ1) is 13.8. The molecule has 0 spiro atoms. The summed E-state index contributed by atoms with van der Waals surface area (Å²) in [5.74, 6) is -0.00929. The molecule has 0 bridgehead atoms. The van der Waals surface area contributed by atoms with Gasteiger partial charge < -0.3 is 4.90 Å². The van der Waals surface area contributed by atoms with Gasteiger partial charge in [-0.1, -0.05) is 23.7 Å². The van der Waals surface area contributed by atoms with Crippen LogP contribution in [0.15, 0.2) is 54.4 Å². The lowest BCUT2D eigenvalue weighted by Gasteiger charge is -2.20. The lowest BCUT2D eigenvalue weighted by atomic mass is 10.2. The molecule has 0 fully saturated rings. The molecule has 2 rings (SSSR count). The third kappa shape index (κ3) is 3.69. The summed E-state index contributed by atoms with van der Waals surface area (Å²) in [6.07, 6.45) is 1.74. The van der Waals surface area contributed by atoms with Gasteiger partial charge >= 0.3 is 0 Å². The maximum absolute atomic E-state index is 12.4. The SMILES string of the molecule is C=CCN(Cc1cccs1)C(=O)c1ccc(Cl)cc1. The van der Waals surface area contributed by atoms with Crippen molar-refractivity contribution in [1.29, 1.82) is 0 Å². The number of thiophene rings is 1. The Kier molecular flexibility index (Phi) is 4.77. The van der Waals surface area contributed by atoms with Gasteiger partial charge in [0.2, 0.25) is 0 Å². The molecule has 2 nitrogen and oxygen atoms in total. The molecular formula is C15H14ClNOS. The molecule has 0 saturated carbocycles. The van der Waals surface area contributed by atoms with Gasteiger partial charge in [-0.25, -0.2) is 0 Å². The molecule has 0 aliphatic rings. The van der Waals surface area contributed by atoms with Crippen molar-refractivity contribution < 1.29 is 4.79 Å². The summed E-state index contributed by atoms with van der Waals surface area (Å²) in [6, 6.07) is 11.0. The van der Waals surface area contributed by atoms with Gasteiger partial charge in [-0.15, -0.1) is 17.9 Å². The van der Waals surface area contributed by atoms with E-state index in [1.165, 1.54) is 0 Å². The van der Waals surface area contributed by atoms with Crippen molar-refractivity contribution in [1.82, 2.24) is 4.90 Å². The largest absolute Gasteiger partial charge is 0.330 e. The second-order valence-corrected chi connectivity index (χ2v) is 5.53. The van der Waals surface area contributed by atoms with E-state index in [0.29, 0.717) is 23.7 Å². The first-order chi connectivity index (χ1) is 9.20. The van der Waals surface area contributed by atoms with Crippen LogP contribution in [0.5, 0.6) is 0 Å². The van der Waals surface area contributed by atoms with Gasteiger partial charge in [-0.2, -0.15) is 0 Å². The normalized spacial score (nSPS) is 10.2. The zero-order valence-electron chi connectivity index (χ0n) is 10.4. The fourth-order valence-corrected chi connectivity index (χ4v) is 2.59. The van der Waals surface area contributed by atoms with Crippen LogP contribution in [0, 0.1) is 0 Å². The maximum atomic E-state index is 12.4. The molecule has 0 aliphatic carbocycles. The summed E-state index contributed by atoms with van der Waals surface area (Å²) in [5, 5.41) is 2.64. The molecule has 0 atom stereocenters. The smallest absolute Gasteiger partial charge is 0.254 e. The van der Waals surface area contributed by atoms with Gasteiger partial charge in [0.25, 0.3) is 5.91 Å². The Labute approximate surface area is 121 Å². The molecule has 0 saturated heterocycles. The number of hydrogen-bond donors (Lipinski definition) is 0. The van der Waals surface area contributed by atoms with Gasteiger partial charge in [0.05, 0.1) is 6.54 Å². The molecule has 4 heteroatoms. The maximum Gasteiger partial charge on any atom is 0.254 e. The minimum Gasteiger partial charge on any atom is -0.330 e. The van der Waals surface area contributed by atoms with Crippen LogP contribution in [0.3, 0.4) is 0 Å². The van der Waals surface area contributed by atoms with Crippen LogP contribution in [0.4, 0.5) is 0 Å². The van der Waals surface area contributed by atoms with Crippen molar-refractivity contribution in [3.8, 4) is 0 Å². The molecule has 0 aliphatic heterocycles. The molecule has 1 aromatic heterocycles. The van der Waals surface area contributed by atoms with Gasteiger partial charge in [0.15, 0.2) is 0 Å². The highest BCUT2D eigenvalue weighted by Crippen LogP contribution is 2.16. The summed E-state index contributed by atoms with van der Waals surface area (Å²) < 4.78 is 0. The number of halogens is 1. The Morgan fingerprint density at radius 3 is 2.63 bits per heavy atom. The summed E-state index contributed by atoms with van der Waals surface area (Å²) in [7, 11) is 0. The van der Waals surface area contributed by atoms with Gasteiger partial charge in [-0.3, -0.25) is 4.79 Å². The van der Waals surface area contributed by atoms with Crippen LogP contribution in [0.1, 0.15) is 15.2 Å². The van der Waals surface area contributed by atoms with Crippen LogP contribution in [-0.4, -0.2) is 17.4 Å². The average Bonchev–Trinajstić information content (AvgIpc) is 2.91. The van der Waals surface area contributed by atoms with Crippen LogP contribution < -0.4 is 0 Å². The molecule has 2 aromatic rings. The molecule has 19 heavy (non-hydrogen) atoms. The summed E-state index contributed by atoms with van der Waals surface area (Å²) in [5.41, 5.74) is 0.641. The number of carbonyl (C=O) groups excluding carboxylic acids is 1. The van der Waals surface area contributed by atoms with E-state index < -0.39 is 0 Å². The van der Waals surface area contributed by atoms with Crippen molar-refractivity contribution >= 4 is 28.8 Å². The number of nitrogens with zero attached hydrogens (tertiary/aromatic N) is 1. The van der Waals surface area contributed by atoms with E-state index in [1.54, 1.807) is 46.6 Å². The zero-order valence-corrected chi connectivity index (χ0v) is 12.0. The van der Waals surface area contributed by atoms with Crippen molar-refractivity contribution in [3.63, 3.8) is 0 Å². The monoisotopic (exact) mass is 291 g/mol. The Morgan fingerprint density at radius 1 is 1.32 bits per heavy atom. The quantitative estimate of drug-likeness (QED) is 0.755. The molecule has 0 unspecified atom stereocenters. The first-order valence-electron chi connectivity index (χ1n) is 5.89. The van der Waals surface area contributed by atoms with E-state index in [1.807, 2.05) is 17.5 Å². The van der Waals surface area contributed by atoms with Crippen molar-refractivity contribution in [2.75, 3.05) is 6.54 Å². The number of benzene rings is 1. The second-order valence-electron chi connectivity index (χ2n) is 4.06. The first-order valence-corrected chi connectivity index (χ1v) is 7.14. The highest BCUT2D eigenvalue weighted by Gasteiger charge is 2.15. The predicted molar refractivity (Wildman–Crippen MR) is 80.7 cm³/mol. The van der Waals surface area contributed by atoms with E-state index in [9.17, 15) is 4.79 Å². The number of amides is 1.